The van der Waals surface area contributed by atoms with Crippen LogP contribution in [0.1, 0.15) is 22.3 Å². The van der Waals surface area contributed by atoms with E-state index in [1.165, 1.54) is 12.1 Å². The standard InChI is InChI=1S/C55H34N6O20/c62-29-25(30(63)38(71)45(78)37(29)70)51-56-49(57-52(60-51)26-31(64)39(72)46(79)40(73)32(26)65)15-9-11-19-17-5-1-3-7-21(17)55(23(19)13-15)22-8-4-2-6-18(22)20-12-10-16(14-24(20)55)50-58-53(27-33(66)41(74)47(80)42(75)34(27)67)61-54(59-50)28-35(68)43(76)48(81)44(77)36(28)69/h1-14,62-81H. The number of aromatic hydroxyl groups is 20. The van der Waals surface area contributed by atoms with Gasteiger partial charge in [-0.15, -0.1) is 0 Å². The van der Waals surface area contributed by atoms with Gasteiger partial charge in [-0.05, 0) is 56.6 Å². The average molecular weight is 1100 g/mol. The minimum Gasteiger partial charge on any atom is -0.504 e. The Morgan fingerprint density at radius 2 is 0.420 bits per heavy atom. The van der Waals surface area contributed by atoms with Gasteiger partial charge >= 0.3 is 0 Å². The van der Waals surface area contributed by atoms with E-state index in [9.17, 15) is 102 Å². The third-order valence-corrected chi connectivity index (χ3v) is 14.3. The van der Waals surface area contributed by atoms with Crippen molar-refractivity contribution in [2.75, 3.05) is 0 Å². The van der Waals surface area contributed by atoms with Crippen LogP contribution in [0.2, 0.25) is 0 Å². The summed E-state index contributed by atoms with van der Waals surface area (Å²) in [5, 5.41) is 215. The van der Waals surface area contributed by atoms with E-state index >= 15 is 0 Å². The molecule has 0 radical (unpaired) electrons. The molecular formula is C55H34N6O20. The van der Waals surface area contributed by atoms with Crippen molar-refractivity contribution in [2.24, 2.45) is 0 Å². The quantitative estimate of drug-likeness (QED) is 0.0622. The van der Waals surface area contributed by atoms with Crippen LogP contribution in [0.5, 0.6) is 115 Å². The first-order valence-electron chi connectivity index (χ1n) is 23.3. The second-order valence-electron chi connectivity index (χ2n) is 18.4. The molecule has 2 heterocycles. The van der Waals surface area contributed by atoms with Crippen LogP contribution >= 0.6 is 0 Å². The molecule has 10 aromatic rings. The zero-order valence-electron chi connectivity index (χ0n) is 40.2. The topological polar surface area (TPSA) is 482 Å². The molecule has 0 saturated carbocycles. The second-order valence-corrected chi connectivity index (χ2v) is 18.4. The van der Waals surface area contributed by atoms with Crippen molar-refractivity contribution in [3.63, 3.8) is 0 Å². The SMILES string of the molecule is Oc1c(O)c(O)c(-c2nc(-c3ccc4c(c3)C3(c5ccccc5-4)c4ccccc4-c4ccc(-c5nc(-c6c(O)c(O)c(O)c(O)c6O)nc(-c6c(O)c(O)c(O)c(O)c6O)n5)cc43)nc(-c3c(O)c(O)c(O)c(O)c3O)n2)c(O)c1O. The van der Waals surface area contributed by atoms with Gasteiger partial charge in [-0.1, -0.05) is 72.8 Å². The number of aromatic nitrogens is 6. The Bertz CT molecular complexity index is 3940. The number of benzene rings is 8. The van der Waals surface area contributed by atoms with E-state index in [1.54, 1.807) is 48.5 Å². The summed E-state index contributed by atoms with van der Waals surface area (Å²) in [6.45, 7) is 0. The highest BCUT2D eigenvalue weighted by Gasteiger charge is 2.52. The summed E-state index contributed by atoms with van der Waals surface area (Å²) < 4.78 is 0. The molecule has 0 fully saturated rings. The Labute approximate surface area is 449 Å². The van der Waals surface area contributed by atoms with Crippen LogP contribution in [0.3, 0.4) is 0 Å². The highest BCUT2D eigenvalue weighted by atomic mass is 16.4. The summed E-state index contributed by atoms with van der Waals surface area (Å²) in [6, 6.07) is 24.1. The van der Waals surface area contributed by atoms with Crippen molar-refractivity contribution >= 4 is 0 Å². The fraction of sp³-hybridized carbons (Fsp3) is 0.0182. The molecule has 0 amide bonds. The Hall–Kier alpha value is -12.2. The maximum absolute atomic E-state index is 11.1. The van der Waals surface area contributed by atoms with Crippen molar-refractivity contribution in [1.82, 2.24) is 29.9 Å². The van der Waals surface area contributed by atoms with Crippen LogP contribution in [0.25, 0.3) is 90.6 Å². The molecule has 1 spiro atoms. The number of rotatable bonds is 6. The van der Waals surface area contributed by atoms with Crippen molar-refractivity contribution in [3.8, 4) is 206 Å². The number of phenols is 20. The highest BCUT2D eigenvalue weighted by Crippen LogP contribution is 2.65. The number of hydrogen-bond acceptors (Lipinski definition) is 26. The molecule has 26 nitrogen and oxygen atoms in total. The maximum atomic E-state index is 11.1. The van der Waals surface area contributed by atoms with E-state index in [2.05, 4.69) is 29.9 Å². The van der Waals surface area contributed by atoms with Crippen molar-refractivity contribution in [2.45, 2.75) is 5.41 Å². The monoisotopic (exact) mass is 1100 g/mol. The molecule has 0 unspecified atom stereocenters. The first-order valence-corrected chi connectivity index (χ1v) is 23.3. The van der Waals surface area contributed by atoms with Crippen molar-refractivity contribution in [3.05, 3.63) is 107 Å². The molecule has 0 aliphatic heterocycles. The summed E-state index contributed by atoms with van der Waals surface area (Å²) in [5.74, 6) is -30.6. The molecule has 2 aromatic heterocycles. The Morgan fingerprint density at radius 3 is 0.679 bits per heavy atom. The molecular weight excluding hydrogens is 1060 g/mol. The van der Waals surface area contributed by atoms with Gasteiger partial charge in [-0.2, -0.15) is 0 Å². The van der Waals surface area contributed by atoms with Crippen LogP contribution in [0.4, 0.5) is 0 Å². The normalized spacial score (nSPS) is 12.5. The van der Waals surface area contributed by atoms with Crippen LogP contribution in [0, 0.1) is 0 Å². The van der Waals surface area contributed by atoms with Crippen molar-refractivity contribution in [1.29, 1.82) is 0 Å². The zero-order valence-corrected chi connectivity index (χ0v) is 40.2. The van der Waals surface area contributed by atoms with Gasteiger partial charge in [0.25, 0.3) is 0 Å². The highest BCUT2D eigenvalue weighted by molar-refractivity contribution is 5.97. The molecule has 404 valence electrons. The van der Waals surface area contributed by atoms with Gasteiger partial charge in [-0.3, -0.25) is 0 Å². The third-order valence-electron chi connectivity index (χ3n) is 14.3. The molecule has 0 bridgehead atoms. The predicted molar refractivity (Wildman–Crippen MR) is 275 cm³/mol. The smallest absolute Gasteiger partial charge is 0.208 e. The lowest BCUT2D eigenvalue weighted by Gasteiger charge is -2.31. The summed E-state index contributed by atoms with van der Waals surface area (Å²) in [7, 11) is 0. The van der Waals surface area contributed by atoms with Gasteiger partial charge in [0.05, 0.1) is 5.41 Å². The Balaban J connectivity index is 1.14. The molecule has 20 N–H and O–H groups in total. The predicted octanol–water partition coefficient (Wildman–Crippen LogP) is 6.51. The minimum absolute atomic E-state index is 0.0529. The molecule has 8 aromatic carbocycles. The van der Waals surface area contributed by atoms with Gasteiger partial charge in [0.1, 0.15) is 22.3 Å². The van der Waals surface area contributed by atoms with Crippen molar-refractivity contribution < 1.29 is 102 Å². The van der Waals surface area contributed by atoms with Gasteiger partial charge in [0, 0.05) is 11.1 Å². The van der Waals surface area contributed by atoms with E-state index in [0.717, 1.165) is 0 Å². The van der Waals surface area contributed by atoms with Crippen LogP contribution < -0.4 is 0 Å². The van der Waals surface area contributed by atoms with E-state index in [1.807, 2.05) is 24.3 Å². The summed E-state index contributed by atoms with van der Waals surface area (Å²) >= 11 is 0. The van der Waals surface area contributed by atoms with Crippen LogP contribution in [0.15, 0.2) is 84.9 Å². The zero-order chi connectivity index (χ0) is 57.7. The van der Waals surface area contributed by atoms with E-state index in [0.29, 0.717) is 44.5 Å². The molecule has 12 rings (SSSR count). The lowest BCUT2D eigenvalue weighted by molar-refractivity contribution is 0.329. The molecule has 26 heteroatoms. The minimum atomic E-state index is -1.40. The molecule has 81 heavy (non-hydrogen) atoms. The van der Waals surface area contributed by atoms with Crippen LogP contribution in [-0.2, 0) is 5.41 Å². The molecule has 0 atom stereocenters. The Kier molecular flexibility index (Phi) is 10.4. The van der Waals surface area contributed by atoms with Gasteiger partial charge in [0.2, 0.25) is 69.0 Å². The number of hydrogen-bond donors (Lipinski definition) is 20. The fourth-order valence-corrected chi connectivity index (χ4v) is 10.5. The van der Waals surface area contributed by atoms with E-state index < -0.39 is 178 Å². The Morgan fingerprint density at radius 1 is 0.210 bits per heavy atom. The first kappa shape index (κ1) is 49.6. The van der Waals surface area contributed by atoms with E-state index in [4.69, 9.17) is 0 Å². The number of phenolic OH excluding ortho intramolecular Hbond substituents is 20. The fourth-order valence-electron chi connectivity index (χ4n) is 10.5. The van der Waals surface area contributed by atoms with Gasteiger partial charge in [0.15, 0.2) is 80.9 Å². The number of nitrogens with zero attached hydrogens (tertiary/aromatic N) is 6. The molecule has 0 saturated heterocycles. The molecule has 2 aliphatic carbocycles. The third kappa shape index (κ3) is 6.54. The summed E-state index contributed by atoms with van der Waals surface area (Å²) in [5.41, 5.74) is -0.175. The first-order chi connectivity index (χ1) is 38.5. The average Bonchev–Trinajstić information content (AvgIpc) is 2.60. The van der Waals surface area contributed by atoms with Gasteiger partial charge < -0.3 is 102 Å². The van der Waals surface area contributed by atoms with Gasteiger partial charge in [-0.25, -0.2) is 29.9 Å². The lowest BCUT2D eigenvalue weighted by Crippen LogP contribution is -2.26. The maximum Gasteiger partial charge on any atom is 0.208 e. The van der Waals surface area contributed by atoms with E-state index in [-0.39, 0.29) is 11.1 Å². The lowest BCUT2D eigenvalue weighted by atomic mass is 9.70. The summed E-state index contributed by atoms with van der Waals surface area (Å²) in [6.07, 6.45) is 0. The molecule has 2 aliphatic rings. The number of fused-ring (bicyclic) bond motifs is 10. The largest absolute Gasteiger partial charge is 0.504 e. The van der Waals surface area contributed by atoms with Crippen LogP contribution in [-0.4, -0.2) is 132 Å². The summed E-state index contributed by atoms with van der Waals surface area (Å²) in [4.78, 5) is 26.0. The second kappa shape index (κ2) is 16.9.